The number of methoxy groups -OCH3 is 1. The number of carbonyl (C=O) groups is 1. The maximum absolute atomic E-state index is 11.8. The smallest absolute Gasteiger partial charge is 0.289 e. The van der Waals surface area contributed by atoms with Crippen molar-refractivity contribution >= 4 is 12.1 Å². The first-order chi connectivity index (χ1) is 10.7. The zero-order valence-corrected chi connectivity index (χ0v) is 12.4. The molecular formula is C16H17N3O3. The molecule has 0 spiro atoms. The molecule has 114 valence electrons. The molecule has 2 rings (SSSR count). The molecule has 0 atom stereocenters. The van der Waals surface area contributed by atoms with Crippen molar-refractivity contribution in [1.82, 2.24) is 10.4 Å². The normalized spacial score (nSPS) is 10.5. The molecule has 0 aliphatic carbocycles. The van der Waals surface area contributed by atoms with Gasteiger partial charge in [0.1, 0.15) is 5.69 Å². The number of hydrogen-bond donors (Lipinski definition) is 1. The predicted octanol–water partition coefficient (Wildman–Crippen LogP) is 2.25. The van der Waals surface area contributed by atoms with Gasteiger partial charge in [-0.3, -0.25) is 9.78 Å². The van der Waals surface area contributed by atoms with E-state index in [9.17, 15) is 4.79 Å². The predicted molar refractivity (Wildman–Crippen MR) is 83.5 cm³/mol. The summed E-state index contributed by atoms with van der Waals surface area (Å²) in [5.41, 5.74) is 3.51. The van der Waals surface area contributed by atoms with Gasteiger partial charge in [0, 0.05) is 6.20 Å². The Morgan fingerprint density at radius 2 is 2.18 bits per heavy atom. The SMILES string of the molecule is CCOc1ccc(C=NNC(=O)c2ccccn2)cc1OC. The number of nitrogens with one attached hydrogen (secondary N) is 1. The van der Waals surface area contributed by atoms with Gasteiger partial charge in [0.15, 0.2) is 11.5 Å². The Morgan fingerprint density at radius 3 is 2.86 bits per heavy atom. The number of benzene rings is 1. The minimum absolute atomic E-state index is 0.309. The topological polar surface area (TPSA) is 72.8 Å². The number of nitrogens with zero attached hydrogens (tertiary/aromatic N) is 2. The van der Waals surface area contributed by atoms with Crippen molar-refractivity contribution in [1.29, 1.82) is 0 Å². The summed E-state index contributed by atoms with van der Waals surface area (Å²) in [5, 5.41) is 3.91. The lowest BCUT2D eigenvalue weighted by atomic mass is 10.2. The van der Waals surface area contributed by atoms with Crippen LogP contribution in [0.3, 0.4) is 0 Å². The highest BCUT2D eigenvalue weighted by molar-refractivity contribution is 5.93. The van der Waals surface area contributed by atoms with Crippen LogP contribution < -0.4 is 14.9 Å². The van der Waals surface area contributed by atoms with Gasteiger partial charge in [-0.05, 0) is 42.8 Å². The van der Waals surface area contributed by atoms with E-state index < -0.39 is 0 Å². The fourth-order valence-corrected chi connectivity index (χ4v) is 1.76. The lowest BCUT2D eigenvalue weighted by Crippen LogP contribution is -2.18. The maximum atomic E-state index is 11.8. The summed E-state index contributed by atoms with van der Waals surface area (Å²) in [4.78, 5) is 15.7. The highest BCUT2D eigenvalue weighted by Crippen LogP contribution is 2.27. The summed E-state index contributed by atoms with van der Waals surface area (Å²) in [6, 6.07) is 10.5. The van der Waals surface area contributed by atoms with E-state index in [-0.39, 0.29) is 5.91 Å². The van der Waals surface area contributed by atoms with Crippen molar-refractivity contribution in [2.24, 2.45) is 5.10 Å². The molecule has 1 aromatic heterocycles. The van der Waals surface area contributed by atoms with Gasteiger partial charge < -0.3 is 9.47 Å². The molecule has 0 unspecified atom stereocenters. The molecule has 1 aromatic carbocycles. The van der Waals surface area contributed by atoms with E-state index in [1.807, 2.05) is 13.0 Å². The molecule has 1 N–H and O–H groups in total. The average molecular weight is 299 g/mol. The van der Waals surface area contributed by atoms with Gasteiger partial charge >= 0.3 is 0 Å². The van der Waals surface area contributed by atoms with Gasteiger partial charge in [-0.25, -0.2) is 5.43 Å². The van der Waals surface area contributed by atoms with Crippen LogP contribution >= 0.6 is 0 Å². The van der Waals surface area contributed by atoms with Gasteiger partial charge in [-0.1, -0.05) is 6.07 Å². The molecular weight excluding hydrogens is 282 g/mol. The fraction of sp³-hybridized carbons (Fsp3) is 0.188. The van der Waals surface area contributed by atoms with E-state index in [1.165, 1.54) is 6.21 Å². The first kappa shape index (κ1) is 15.5. The van der Waals surface area contributed by atoms with Crippen LogP contribution in [-0.4, -0.2) is 30.8 Å². The van der Waals surface area contributed by atoms with Crippen LogP contribution in [0.25, 0.3) is 0 Å². The maximum Gasteiger partial charge on any atom is 0.289 e. The Balaban J connectivity index is 2.02. The van der Waals surface area contributed by atoms with Gasteiger partial charge in [0.25, 0.3) is 5.91 Å². The van der Waals surface area contributed by atoms with Crippen LogP contribution in [0.2, 0.25) is 0 Å². The van der Waals surface area contributed by atoms with Crippen molar-refractivity contribution in [3.63, 3.8) is 0 Å². The molecule has 0 saturated carbocycles. The lowest BCUT2D eigenvalue weighted by molar-refractivity contribution is 0.0950. The Bertz CT molecular complexity index is 657. The van der Waals surface area contributed by atoms with Crippen LogP contribution in [0, 0.1) is 0 Å². The number of hydrogen-bond acceptors (Lipinski definition) is 5. The standard InChI is InChI=1S/C16H17N3O3/c1-3-22-14-8-7-12(10-15(14)21-2)11-18-19-16(20)13-6-4-5-9-17-13/h4-11H,3H2,1-2H3,(H,19,20). The summed E-state index contributed by atoms with van der Waals surface area (Å²) in [6.07, 6.45) is 3.08. The molecule has 0 aliphatic heterocycles. The monoisotopic (exact) mass is 299 g/mol. The number of hydrazone groups is 1. The second-order valence-corrected chi connectivity index (χ2v) is 4.26. The Hall–Kier alpha value is -2.89. The van der Waals surface area contributed by atoms with Crippen LogP contribution in [0.1, 0.15) is 23.0 Å². The third-order valence-electron chi connectivity index (χ3n) is 2.76. The minimum atomic E-state index is -0.366. The molecule has 6 heteroatoms. The number of rotatable bonds is 6. The van der Waals surface area contributed by atoms with E-state index in [0.717, 1.165) is 5.56 Å². The van der Waals surface area contributed by atoms with E-state index in [1.54, 1.807) is 43.6 Å². The molecule has 1 amide bonds. The Labute approximate surface area is 128 Å². The Kier molecular flexibility index (Phi) is 5.48. The number of aromatic nitrogens is 1. The quantitative estimate of drug-likeness (QED) is 0.656. The third kappa shape index (κ3) is 4.05. The van der Waals surface area contributed by atoms with Crippen molar-refractivity contribution in [2.75, 3.05) is 13.7 Å². The zero-order chi connectivity index (χ0) is 15.8. The summed E-state index contributed by atoms with van der Waals surface area (Å²) < 4.78 is 10.7. The molecule has 0 bridgehead atoms. The molecule has 22 heavy (non-hydrogen) atoms. The minimum Gasteiger partial charge on any atom is -0.493 e. The first-order valence-corrected chi connectivity index (χ1v) is 6.80. The van der Waals surface area contributed by atoms with E-state index in [2.05, 4.69) is 15.5 Å². The van der Waals surface area contributed by atoms with Crippen molar-refractivity contribution in [2.45, 2.75) is 6.92 Å². The second-order valence-electron chi connectivity index (χ2n) is 4.26. The van der Waals surface area contributed by atoms with E-state index in [0.29, 0.717) is 23.8 Å². The van der Waals surface area contributed by atoms with Gasteiger partial charge in [-0.2, -0.15) is 5.10 Å². The molecule has 0 saturated heterocycles. The summed E-state index contributed by atoms with van der Waals surface area (Å²) in [5.74, 6) is 0.913. The van der Waals surface area contributed by atoms with Gasteiger partial charge in [0.2, 0.25) is 0 Å². The van der Waals surface area contributed by atoms with E-state index in [4.69, 9.17) is 9.47 Å². The van der Waals surface area contributed by atoms with Gasteiger partial charge in [-0.15, -0.1) is 0 Å². The highest BCUT2D eigenvalue weighted by Gasteiger charge is 2.05. The summed E-state index contributed by atoms with van der Waals surface area (Å²) in [6.45, 7) is 2.46. The number of pyridine rings is 1. The molecule has 0 radical (unpaired) electrons. The molecule has 6 nitrogen and oxygen atoms in total. The fourth-order valence-electron chi connectivity index (χ4n) is 1.76. The summed E-state index contributed by atoms with van der Waals surface area (Å²) in [7, 11) is 1.57. The summed E-state index contributed by atoms with van der Waals surface area (Å²) >= 11 is 0. The lowest BCUT2D eigenvalue weighted by Gasteiger charge is -2.09. The van der Waals surface area contributed by atoms with Crippen molar-refractivity contribution in [3.8, 4) is 11.5 Å². The highest BCUT2D eigenvalue weighted by atomic mass is 16.5. The Morgan fingerprint density at radius 1 is 1.32 bits per heavy atom. The number of ether oxygens (including phenoxy) is 2. The zero-order valence-electron chi connectivity index (χ0n) is 12.4. The number of carbonyl (C=O) groups excluding carboxylic acids is 1. The first-order valence-electron chi connectivity index (χ1n) is 6.80. The largest absolute Gasteiger partial charge is 0.493 e. The third-order valence-corrected chi connectivity index (χ3v) is 2.76. The molecule has 0 aliphatic rings. The van der Waals surface area contributed by atoms with Crippen LogP contribution in [0.15, 0.2) is 47.7 Å². The van der Waals surface area contributed by atoms with E-state index >= 15 is 0 Å². The molecule has 1 heterocycles. The van der Waals surface area contributed by atoms with Gasteiger partial charge in [0.05, 0.1) is 19.9 Å². The average Bonchev–Trinajstić information content (AvgIpc) is 2.57. The van der Waals surface area contributed by atoms with Crippen molar-refractivity contribution < 1.29 is 14.3 Å². The molecule has 0 fully saturated rings. The van der Waals surface area contributed by atoms with Crippen LogP contribution in [0.4, 0.5) is 0 Å². The van der Waals surface area contributed by atoms with Crippen LogP contribution in [0.5, 0.6) is 11.5 Å². The van der Waals surface area contributed by atoms with Crippen molar-refractivity contribution in [3.05, 3.63) is 53.9 Å². The second kappa shape index (κ2) is 7.78. The van der Waals surface area contributed by atoms with Crippen LogP contribution in [-0.2, 0) is 0 Å². The number of amides is 1. The molecule has 2 aromatic rings.